The van der Waals surface area contributed by atoms with E-state index in [9.17, 15) is 4.79 Å². The molecule has 1 aromatic rings. The van der Waals surface area contributed by atoms with Gasteiger partial charge in [0.05, 0.1) is 0 Å². The normalized spacial score (nSPS) is 8.93. The van der Waals surface area contributed by atoms with Gasteiger partial charge >= 0.3 is 0 Å². The lowest BCUT2D eigenvalue weighted by Gasteiger charge is -2.06. The first-order valence-corrected chi connectivity index (χ1v) is 5.04. The molecule has 1 rings (SSSR count). The van der Waals surface area contributed by atoms with E-state index in [1.165, 1.54) is 5.56 Å². The average molecular weight is 193 g/mol. The zero-order chi connectivity index (χ0) is 11.0. The van der Waals surface area contributed by atoms with E-state index in [0.717, 1.165) is 5.69 Å². The van der Waals surface area contributed by atoms with Crippen molar-refractivity contribution in [3.8, 4) is 0 Å². The Kier molecular flexibility index (Phi) is 6.46. The summed E-state index contributed by atoms with van der Waals surface area (Å²) in [6, 6.07) is 7.86. The molecule has 0 aliphatic carbocycles. The Hall–Kier alpha value is -1.31. The molecular weight excluding hydrogens is 174 g/mol. The largest absolute Gasteiger partial charge is 0.329 e. The van der Waals surface area contributed by atoms with Gasteiger partial charge in [-0.15, -0.1) is 0 Å². The lowest BCUT2D eigenvalue weighted by atomic mass is 10.0. The monoisotopic (exact) mass is 193 g/mol. The molecule has 0 saturated carbocycles. The fourth-order valence-electron chi connectivity index (χ4n) is 1.06. The van der Waals surface area contributed by atoms with Gasteiger partial charge in [0, 0.05) is 5.69 Å². The number of hydrogen-bond donors (Lipinski definition) is 1. The zero-order valence-electron chi connectivity index (χ0n) is 9.37. The number of amides is 1. The molecule has 0 heterocycles. The van der Waals surface area contributed by atoms with Crippen molar-refractivity contribution in [1.82, 2.24) is 0 Å². The molecule has 0 radical (unpaired) electrons. The number of carbonyl (C=O) groups excluding carboxylic acids is 1. The first-order valence-electron chi connectivity index (χ1n) is 5.04. The van der Waals surface area contributed by atoms with Crippen LogP contribution in [0.4, 0.5) is 5.69 Å². The standard InChI is InChI=1S/C10H13NO.C2H6/c1-8(2)9-4-3-5-10(6-9)11-7-12;1-2/h3-8H,1-2H3,(H,11,12);1-2H3. The first kappa shape index (κ1) is 12.7. The van der Waals surface area contributed by atoms with Crippen molar-refractivity contribution in [2.75, 3.05) is 5.32 Å². The van der Waals surface area contributed by atoms with E-state index in [1.54, 1.807) is 0 Å². The van der Waals surface area contributed by atoms with Gasteiger partial charge in [0.1, 0.15) is 0 Å². The van der Waals surface area contributed by atoms with E-state index in [4.69, 9.17) is 0 Å². The van der Waals surface area contributed by atoms with Crippen LogP contribution in [0.1, 0.15) is 39.2 Å². The Morgan fingerprint density at radius 2 is 1.93 bits per heavy atom. The summed E-state index contributed by atoms with van der Waals surface area (Å²) >= 11 is 0. The quantitative estimate of drug-likeness (QED) is 0.732. The van der Waals surface area contributed by atoms with Crippen molar-refractivity contribution in [2.45, 2.75) is 33.6 Å². The molecule has 0 fully saturated rings. The molecule has 0 atom stereocenters. The molecule has 0 aliphatic heterocycles. The maximum atomic E-state index is 10.1. The van der Waals surface area contributed by atoms with Crippen molar-refractivity contribution in [2.24, 2.45) is 0 Å². The molecule has 0 aliphatic rings. The molecule has 14 heavy (non-hydrogen) atoms. The molecule has 2 heteroatoms. The SMILES string of the molecule is CC.CC(C)c1cccc(NC=O)c1. The number of benzene rings is 1. The summed E-state index contributed by atoms with van der Waals surface area (Å²) in [6.45, 7) is 8.25. The minimum absolute atomic E-state index is 0.499. The lowest BCUT2D eigenvalue weighted by Crippen LogP contribution is -1.95. The number of carbonyl (C=O) groups is 1. The summed E-state index contributed by atoms with van der Waals surface area (Å²) in [5.41, 5.74) is 2.10. The molecular formula is C12H19NO. The van der Waals surface area contributed by atoms with E-state index in [-0.39, 0.29) is 0 Å². The van der Waals surface area contributed by atoms with Crippen LogP contribution >= 0.6 is 0 Å². The molecule has 0 unspecified atom stereocenters. The Labute approximate surface area is 86.3 Å². The van der Waals surface area contributed by atoms with Crippen LogP contribution in [0.25, 0.3) is 0 Å². The van der Waals surface area contributed by atoms with Crippen LogP contribution < -0.4 is 5.32 Å². The van der Waals surface area contributed by atoms with Gasteiger partial charge in [0.2, 0.25) is 6.41 Å². The molecule has 0 saturated heterocycles. The first-order chi connectivity index (χ1) is 6.74. The van der Waals surface area contributed by atoms with Crippen LogP contribution in [0.3, 0.4) is 0 Å². The van der Waals surface area contributed by atoms with Gasteiger partial charge in [-0.05, 0) is 23.6 Å². The second kappa shape index (κ2) is 7.13. The third-order valence-corrected chi connectivity index (χ3v) is 1.78. The number of nitrogens with one attached hydrogen (secondary N) is 1. The van der Waals surface area contributed by atoms with Gasteiger partial charge in [-0.2, -0.15) is 0 Å². The summed E-state index contributed by atoms with van der Waals surface area (Å²) in [7, 11) is 0. The topological polar surface area (TPSA) is 29.1 Å². The minimum atomic E-state index is 0.499. The fraction of sp³-hybridized carbons (Fsp3) is 0.417. The summed E-state index contributed by atoms with van der Waals surface area (Å²) in [5, 5.41) is 2.62. The molecule has 78 valence electrons. The number of hydrogen-bond acceptors (Lipinski definition) is 1. The average Bonchev–Trinajstić information content (AvgIpc) is 2.22. The minimum Gasteiger partial charge on any atom is -0.329 e. The lowest BCUT2D eigenvalue weighted by molar-refractivity contribution is -0.105. The maximum absolute atomic E-state index is 10.1. The van der Waals surface area contributed by atoms with Crippen LogP contribution in [-0.4, -0.2) is 6.41 Å². The zero-order valence-corrected chi connectivity index (χ0v) is 9.37. The highest BCUT2D eigenvalue weighted by molar-refractivity contribution is 5.71. The van der Waals surface area contributed by atoms with Crippen LogP contribution in [0.15, 0.2) is 24.3 Å². The Morgan fingerprint density at radius 3 is 2.43 bits per heavy atom. The molecule has 0 aromatic heterocycles. The van der Waals surface area contributed by atoms with Crippen molar-refractivity contribution in [3.63, 3.8) is 0 Å². The van der Waals surface area contributed by atoms with Crippen molar-refractivity contribution in [1.29, 1.82) is 0 Å². The Bertz CT molecular complexity index is 269. The van der Waals surface area contributed by atoms with Crippen LogP contribution in [0.5, 0.6) is 0 Å². The number of anilines is 1. The highest BCUT2D eigenvalue weighted by Gasteiger charge is 1.98. The van der Waals surface area contributed by atoms with Gasteiger partial charge in [0.25, 0.3) is 0 Å². The van der Waals surface area contributed by atoms with E-state index in [1.807, 2.05) is 32.0 Å². The van der Waals surface area contributed by atoms with Gasteiger partial charge in [-0.25, -0.2) is 0 Å². The smallest absolute Gasteiger partial charge is 0.211 e. The van der Waals surface area contributed by atoms with Crippen LogP contribution in [0.2, 0.25) is 0 Å². The van der Waals surface area contributed by atoms with E-state index >= 15 is 0 Å². The Morgan fingerprint density at radius 1 is 1.29 bits per heavy atom. The predicted octanol–water partition coefficient (Wildman–Crippen LogP) is 3.40. The summed E-state index contributed by atoms with van der Waals surface area (Å²) in [4.78, 5) is 10.1. The summed E-state index contributed by atoms with van der Waals surface area (Å²) < 4.78 is 0. The van der Waals surface area contributed by atoms with Crippen LogP contribution in [-0.2, 0) is 4.79 Å². The van der Waals surface area contributed by atoms with Gasteiger partial charge in [-0.1, -0.05) is 39.8 Å². The van der Waals surface area contributed by atoms with Crippen molar-refractivity contribution < 1.29 is 4.79 Å². The van der Waals surface area contributed by atoms with Gasteiger partial charge < -0.3 is 5.32 Å². The predicted molar refractivity (Wildman–Crippen MR) is 61.6 cm³/mol. The van der Waals surface area contributed by atoms with E-state index in [2.05, 4.69) is 25.2 Å². The summed E-state index contributed by atoms with van der Waals surface area (Å²) in [5.74, 6) is 0.499. The maximum Gasteiger partial charge on any atom is 0.211 e. The van der Waals surface area contributed by atoms with E-state index < -0.39 is 0 Å². The second-order valence-electron chi connectivity index (χ2n) is 3.04. The fourth-order valence-corrected chi connectivity index (χ4v) is 1.06. The van der Waals surface area contributed by atoms with Crippen LogP contribution in [0, 0.1) is 0 Å². The van der Waals surface area contributed by atoms with Gasteiger partial charge in [-0.3, -0.25) is 4.79 Å². The molecule has 1 amide bonds. The molecule has 2 nitrogen and oxygen atoms in total. The van der Waals surface area contributed by atoms with Crippen molar-refractivity contribution in [3.05, 3.63) is 29.8 Å². The third-order valence-electron chi connectivity index (χ3n) is 1.78. The molecule has 0 spiro atoms. The molecule has 1 N–H and O–H groups in total. The van der Waals surface area contributed by atoms with Gasteiger partial charge in [0.15, 0.2) is 0 Å². The van der Waals surface area contributed by atoms with E-state index in [0.29, 0.717) is 12.3 Å². The second-order valence-corrected chi connectivity index (χ2v) is 3.04. The summed E-state index contributed by atoms with van der Waals surface area (Å²) in [6.07, 6.45) is 0.694. The number of rotatable bonds is 3. The third kappa shape index (κ3) is 4.08. The molecule has 0 bridgehead atoms. The Balaban J connectivity index is 0.000000791. The highest BCUT2D eigenvalue weighted by Crippen LogP contribution is 2.17. The highest BCUT2D eigenvalue weighted by atomic mass is 16.1. The van der Waals surface area contributed by atoms with Crippen molar-refractivity contribution >= 4 is 12.1 Å². The molecule has 1 aromatic carbocycles.